The summed E-state index contributed by atoms with van der Waals surface area (Å²) in [4.78, 5) is 0. The summed E-state index contributed by atoms with van der Waals surface area (Å²) < 4.78 is 1.19. The van der Waals surface area contributed by atoms with Crippen molar-refractivity contribution in [2.45, 2.75) is 11.8 Å². The average molecular weight is 337 g/mol. The first-order chi connectivity index (χ1) is 9.20. The largest absolute Gasteiger partial charge is 0.315 e. The van der Waals surface area contributed by atoms with Gasteiger partial charge in [0.15, 0.2) is 0 Å². The fraction of sp³-hybridized carbons (Fsp3) is 0.250. The van der Waals surface area contributed by atoms with Crippen LogP contribution in [0.4, 0.5) is 0 Å². The summed E-state index contributed by atoms with van der Waals surface area (Å²) in [6, 6.07) is 16.7. The number of rotatable bonds is 3. The first kappa shape index (κ1) is 13.2. The Hall–Kier alpha value is -0.830. The van der Waals surface area contributed by atoms with Gasteiger partial charge in [0, 0.05) is 28.0 Å². The summed E-state index contributed by atoms with van der Waals surface area (Å²) in [6.07, 6.45) is 1.04. The molecule has 0 radical (unpaired) electrons. The van der Waals surface area contributed by atoms with E-state index in [1.54, 1.807) is 0 Å². The lowest BCUT2D eigenvalue weighted by Crippen LogP contribution is -2.58. The van der Waals surface area contributed by atoms with Crippen LogP contribution < -0.4 is 5.32 Å². The predicted octanol–water partition coefficient (Wildman–Crippen LogP) is 4.19. The first-order valence-corrected chi connectivity index (χ1v) is 7.57. The third-order valence-electron chi connectivity index (χ3n) is 3.87. The second-order valence-electron chi connectivity index (χ2n) is 5.16. The molecule has 0 atom stereocenters. The minimum Gasteiger partial charge on any atom is -0.315 e. The fourth-order valence-electron chi connectivity index (χ4n) is 2.67. The molecule has 3 heteroatoms. The molecule has 19 heavy (non-hydrogen) atoms. The average Bonchev–Trinajstić information content (AvgIpc) is 2.37. The number of nitrogens with one attached hydrogen (secondary N) is 1. The monoisotopic (exact) mass is 335 g/mol. The van der Waals surface area contributed by atoms with Crippen molar-refractivity contribution < 1.29 is 0 Å². The van der Waals surface area contributed by atoms with Crippen LogP contribution in [0.25, 0.3) is 0 Å². The molecule has 2 aromatic carbocycles. The summed E-state index contributed by atoms with van der Waals surface area (Å²) >= 11 is 9.63. The van der Waals surface area contributed by atoms with Crippen LogP contribution in [0.2, 0.25) is 5.02 Å². The third-order valence-corrected chi connectivity index (χ3v) is 4.90. The molecule has 1 saturated heterocycles. The van der Waals surface area contributed by atoms with E-state index in [-0.39, 0.29) is 5.41 Å². The molecular formula is C16H15BrClN. The molecule has 1 heterocycles. The summed E-state index contributed by atoms with van der Waals surface area (Å²) in [7, 11) is 0. The van der Waals surface area contributed by atoms with E-state index in [9.17, 15) is 0 Å². The number of halogens is 2. The second kappa shape index (κ2) is 5.28. The molecule has 1 fully saturated rings. The predicted molar refractivity (Wildman–Crippen MR) is 83.8 cm³/mol. The van der Waals surface area contributed by atoms with Crippen molar-refractivity contribution in [3.8, 4) is 0 Å². The summed E-state index contributed by atoms with van der Waals surface area (Å²) in [5, 5.41) is 4.20. The minimum atomic E-state index is 0.203. The topological polar surface area (TPSA) is 12.0 Å². The second-order valence-corrected chi connectivity index (χ2v) is 6.45. The number of hydrogen-bond acceptors (Lipinski definition) is 1. The lowest BCUT2D eigenvalue weighted by atomic mass is 9.71. The Balaban J connectivity index is 1.92. The van der Waals surface area contributed by atoms with E-state index in [2.05, 4.69) is 57.6 Å². The van der Waals surface area contributed by atoms with Crippen molar-refractivity contribution >= 4 is 27.5 Å². The maximum Gasteiger partial charge on any atom is 0.0406 e. The number of hydrogen-bond donors (Lipinski definition) is 1. The quantitative estimate of drug-likeness (QED) is 0.886. The van der Waals surface area contributed by atoms with Gasteiger partial charge in [-0.05, 0) is 35.7 Å². The van der Waals surface area contributed by atoms with Crippen molar-refractivity contribution in [2.24, 2.45) is 0 Å². The van der Waals surface area contributed by atoms with Crippen molar-refractivity contribution in [1.82, 2.24) is 5.32 Å². The number of benzene rings is 2. The molecule has 0 bridgehead atoms. The van der Waals surface area contributed by atoms with Gasteiger partial charge in [-0.2, -0.15) is 0 Å². The SMILES string of the molecule is Clc1ccc(C2(Cc3ccccc3Br)CNC2)cc1. The van der Waals surface area contributed by atoms with Gasteiger partial charge >= 0.3 is 0 Å². The van der Waals surface area contributed by atoms with Gasteiger partial charge in [0.1, 0.15) is 0 Å². The highest BCUT2D eigenvalue weighted by Gasteiger charge is 2.38. The standard InChI is InChI=1S/C16H15BrClN/c17-15-4-2-1-3-12(15)9-16(10-19-11-16)13-5-7-14(18)8-6-13/h1-8,19H,9-11H2. The molecule has 1 N–H and O–H groups in total. The lowest BCUT2D eigenvalue weighted by molar-refractivity contribution is 0.274. The first-order valence-electron chi connectivity index (χ1n) is 6.40. The van der Waals surface area contributed by atoms with Gasteiger partial charge in [-0.1, -0.05) is 57.9 Å². The van der Waals surface area contributed by atoms with Crippen LogP contribution in [0, 0.1) is 0 Å². The molecule has 98 valence electrons. The van der Waals surface area contributed by atoms with E-state index in [1.165, 1.54) is 15.6 Å². The van der Waals surface area contributed by atoms with Gasteiger partial charge in [0.05, 0.1) is 0 Å². The van der Waals surface area contributed by atoms with Gasteiger partial charge in [-0.25, -0.2) is 0 Å². The van der Waals surface area contributed by atoms with E-state index in [0.717, 1.165) is 24.5 Å². The molecule has 0 unspecified atom stereocenters. The molecule has 0 amide bonds. The maximum atomic E-state index is 5.99. The van der Waals surface area contributed by atoms with E-state index >= 15 is 0 Å². The Bertz CT molecular complexity index is 576. The van der Waals surface area contributed by atoms with Crippen LogP contribution in [0.3, 0.4) is 0 Å². The van der Waals surface area contributed by atoms with E-state index in [0.29, 0.717) is 0 Å². The zero-order valence-electron chi connectivity index (χ0n) is 10.5. The highest BCUT2D eigenvalue weighted by molar-refractivity contribution is 9.10. The molecule has 0 aliphatic carbocycles. The minimum absolute atomic E-state index is 0.203. The zero-order chi connectivity index (χ0) is 13.3. The summed E-state index contributed by atoms with van der Waals surface area (Å²) in [5.74, 6) is 0. The Kier molecular flexibility index (Phi) is 3.66. The zero-order valence-corrected chi connectivity index (χ0v) is 12.8. The summed E-state index contributed by atoms with van der Waals surface area (Å²) in [6.45, 7) is 2.05. The van der Waals surface area contributed by atoms with Crippen molar-refractivity contribution in [2.75, 3.05) is 13.1 Å². The summed E-state index contributed by atoms with van der Waals surface area (Å²) in [5.41, 5.74) is 2.93. The van der Waals surface area contributed by atoms with Crippen LogP contribution in [-0.4, -0.2) is 13.1 Å². The molecular weight excluding hydrogens is 322 g/mol. The highest BCUT2D eigenvalue weighted by Crippen LogP contribution is 2.35. The van der Waals surface area contributed by atoms with Crippen molar-refractivity contribution in [3.63, 3.8) is 0 Å². The van der Waals surface area contributed by atoms with E-state index < -0.39 is 0 Å². The van der Waals surface area contributed by atoms with Gasteiger partial charge in [0.25, 0.3) is 0 Å². The molecule has 0 saturated carbocycles. The molecule has 3 rings (SSSR count). The Morgan fingerprint density at radius 1 is 1.05 bits per heavy atom. The highest BCUT2D eigenvalue weighted by atomic mass is 79.9. The van der Waals surface area contributed by atoms with Crippen molar-refractivity contribution in [1.29, 1.82) is 0 Å². The van der Waals surface area contributed by atoms with Crippen LogP contribution in [0.5, 0.6) is 0 Å². The Morgan fingerprint density at radius 2 is 1.74 bits per heavy atom. The maximum absolute atomic E-state index is 5.99. The molecule has 0 spiro atoms. The molecule has 0 aromatic heterocycles. The van der Waals surface area contributed by atoms with Gasteiger partial charge in [-0.15, -0.1) is 0 Å². The Labute approximate surface area is 127 Å². The van der Waals surface area contributed by atoms with Crippen LogP contribution >= 0.6 is 27.5 Å². The van der Waals surface area contributed by atoms with Gasteiger partial charge in [0.2, 0.25) is 0 Å². The molecule has 1 nitrogen and oxygen atoms in total. The van der Waals surface area contributed by atoms with Crippen LogP contribution in [-0.2, 0) is 11.8 Å². The molecule has 1 aliphatic heterocycles. The van der Waals surface area contributed by atoms with Crippen molar-refractivity contribution in [3.05, 3.63) is 69.2 Å². The Morgan fingerprint density at radius 3 is 2.32 bits per heavy atom. The van der Waals surface area contributed by atoms with Crippen LogP contribution in [0.15, 0.2) is 53.0 Å². The van der Waals surface area contributed by atoms with Crippen LogP contribution in [0.1, 0.15) is 11.1 Å². The molecule has 1 aliphatic rings. The fourth-order valence-corrected chi connectivity index (χ4v) is 3.22. The molecule has 2 aromatic rings. The van der Waals surface area contributed by atoms with E-state index in [1.807, 2.05) is 12.1 Å². The van der Waals surface area contributed by atoms with Gasteiger partial charge in [-0.3, -0.25) is 0 Å². The third kappa shape index (κ3) is 2.58. The lowest BCUT2D eigenvalue weighted by Gasteiger charge is -2.43. The smallest absolute Gasteiger partial charge is 0.0406 e. The normalized spacial score (nSPS) is 16.9. The van der Waals surface area contributed by atoms with Gasteiger partial charge < -0.3 is 5.32 Å². The van der Waals surface area contributed by atoms with E-state index in [4.69, 9.17) is 11.6 Å².